The summed E-state index contributed by atoms with van der Waals surface area (Å²) in [6.07, 6.45) is 0.240. The van der Waals surface area contributed by atoms with Crippen molar-refractivity contribution in [3.05, 3.63) is 57.8 Å². The molecule has 0 aromatic heterocycles. The Bertz CT molecular complexity index is 862. The first-order valence-corrected chi connectivity index (χ1v) is 9.85. The number of rotatable bonds is 4. The van der Waals surface area contributed by atoms with E-state index in [1.54, 1.807) is 24.3 Å². The van der Waals surface area contributed by atoms with Gasteiger partial charge in [-0.15, -0.1) is 0 Å². The molecule has 0 spiro atoms. The first kappa shape index (κ1) is 17.7. The molecule has 1 atom stereocenters. The van der Waals surface area contributed by atoms with Crippen molar-refractivity contribution in [2.24, 2.45) is 0 Å². The molecule has 1 saturated heterocycles. The van der Waals surface area contributed by atoms with Gasteiger partial charge in [0, 0.05) is 11.0 Å². The topological polar surface area (TPSA) is 46.6 Å². The molecule has 1 fully saturated rings. The van der Waals surface area contributed by atoms with Crippen LogP contribution in [0.5, 0.6) is 5.75 Å². The quantitative estimate of drug-likeness (QED) is 0.728. The number of benzene rings is 2. The molecule has 1 aliphatic rings. The molecule has 0 N–H and O–H groups in total. The lowest BCUT2D eigenvalue weighted by atomic mass is 10.3. The lowest BCUT2D eigenvalue weighted by molar-refractivity contribution is 0.215. The zero-order valence-corrected chi connectivity index (χ0v) is 15.6. The SMILES string of the molecule is O=S(=O)(c1cc(F)ccc1Br)N1CCC(Oc2ccccc2Cl)C1. The van der Waals surface area contributed by atoms with Gasteiger partial charge in [0.1, 0.15) is 17.7 Å². The highest BCUT2D eigenvalue weighted by molar-refractivity contribution is 9.10. The van der Waals surface area contributed by atoms with Crippen LogP contribution >= 0.6 is 27.5 Å². The Morgan fingerprint density at radius 3 is 2.75 bits per heavy atom. The van der Waals surface area contributed by atoms with E-state index in [-0.39, 0.29) is 17.5 Å². The molecule has 24 heavy (non-hydrogen) atoms. The molecule has 128 valence electrons. The minimum absolute atomic E-state index is 0.0825. The Balaban J connectivity index is 1.77. The van der Waals surface area contributed by atoms with Crippen molar-refractivity contribution in [1.29, 1.82) is 0 Å². The largest absolute Gasteiger partial charge is 0.487 e. The van der Waals surface area contributed by atoms with Crippen LogP contribution in [-0.2, 0) is 10.0 Å². The maximum atomic E-state index is 13.4. The fraction of sp³-hybridized carbons (Fsp3) is 0.250. The van der Waals surface area contributed by atoms with Crippen LogP contribution in [0.15, 0.2) is 51.8 Å². The average molecular weight is 435 g/mol. The van der Waals surface area contributed by atoms with Crippen LogP contribution in [-0.4, -0.2) is 31.9 Å². The molecular weight excluding hydrogens is 421 g/mol. The highest BCUT2D eigenvalue weighted by Crippen LogP contribution is 2.31. The first-order chi connectivity index (χ1) is 11.4. The van der Waals surface area contributed by atoms with Crippen LogP contribution < -0.4 is 4.74 Å². The van der Waals surface area contributed by atoms with E-state index >= 15 is 0 Å². The summed E-state index contributed by atoms with van der Waals surface area (Å²) in [6.45, 7) is 0.497. The summed E-state index contributed by atoms with van der Waals surface area (Å²) in [7, 11) is -3.79. The van der Waals surface area contributed by atoms with E-state index in [0.29, 0.717) is 28.2 Å². The van der Waals surface area contributed by atoms with E-state index in [9.17, 15) is 12.8 Å². The molecule has 1 heterocycles. The third-order valence-corrected chi connectivity index (χ3v) is 6.92. The molecule has 0 bridgehead atoms. The normalized spacial score (nSPS) is 18.7. The van der Waals surface area contributed by atoms with Gasteiger partial charge in [-0.25, -0.2) is 12.8 Å². The number of ether oxygens (including phenoxy) is 1. The highest BCUT2D eigenvalue weighted by atomic mass is 79.9. The Morgan fingerprint density at radius 2 is 2.00 bits per heavy atom. The molecule has 0 aliphatic carbocycles. The fourth-order valence-corrected chi connectivity index (χ4v) is 5.15. The molecule has 0 saturated carbocycles. The first-order valence-electron chi connectivity index (χ1n) is 7.24. The minimum atomic E-state index is -3.79. The van der Waals surface area contributed by atoms with Crippen LogP contribution in [0.1, 0.15) is 6.42 Å². The van der Waals surface area contributed by atoms with Crippen molar-refractivity contribution >= 4 is 37.6 Å². The van der Waals surface area contributed by atoms with Crippen molar-refractivity contribution in [2.75, 3.05) is 13.1 Å². The highest BCUT2D eigenvalue weighted by Gasteiger charge is 2.35. The van der Waals surface area contributed by atoms with Gasteiger partial charge in [-0.05, 0) is 52.7 Å². The Hall–Kier alpha value is -1.15. The summed E-state index contributed by atoms with van der Waals surface area (Å²) in [5.41, 5.74) is 0. The van der Waals surface area contributed by atoms with Crippen molar-refractivity contribution in [1.82, 2.24) is 4.31 Å². The third kappa shape index (κ3) is 3.59. The minimum Gasteiger partial charge on any atom is -0.487 e. The molecule has 4 nitrogen and oxygen atoms in total. The second-order valence-corrected chi connectivity index (χ2v) is 8.56. The van der Waals surface area contributed by atoms with E-state index in [2.05, 4.69) is 15.9 Å². The standard InChI is InChI=1S/C16H14BrClFNO3S/c17-13-6-5-11(19)9-16(13)24(21,22)20-8-7-12(10-20)23-15-4-2-1-3-14(15)18/h1-6,9,12H,7-8,10H2. The zero-order valence-electron chi connectivity index (χ0n) is 12.5. The van der Waals surface area contributed by atoms with Crippen molar-refractivity contribution in [2.45, 2.75) is 17.4 Å². The van der Waals surface area contributed by atoms with Gasteiger partial charge in [0.05, 0.1) is 16.5 Å². The van der Waals surface area contributed by atoms with Gasteiger partial charge in [-0.2, -0.15) is 4.31 Å². The maximum absolute atomic E-state index is 13.4. The van der Waals surface area contributed by atoms with Crippen LogP contribution in [0.2, 0.25) is 5.02 Å². The molecule has 1 aliphatic heterocycles. The predicted molar refractivity (Wildman–Crippen MR) is 93.3 cm³/mol. The molecule has 1 unspecified atom stereocenters. The van der Waals surface area contributed by atoms with E-state index < -0.39 is 15.8 Å². The molecule has 2 aromatic rings. The summed E-state index contributed by atoms with van der Waals surface area (Å²) >= 11 is 9.23. The van der Waals surface area contributed by atoms with Crippen molar-refractivity contribution in [3.63, 3.8) is 0 Å². The Kier molecular flexibility index (Phi) is 5.15. The van der Waals surface area contributed by atoms with Crippen molar-refractivity contribution in [3.8, 4) is 5.75 Å². The summed E-state index contributed by atoms with van der Waals surface area (Å²) in [4.78, 5) is -0.0825. The molecule has 0 amide bonds. The summed E-state index contributed by atoms with van der Waals surface area (Å²) in [5, 5.41) is 0.478. The number of hydrogen-bond donors (Lipinski definition) is 0. The average Bonchev–Trinajstić information content (AvgIpc) is 3.01. The molecular formula is C16H14BrClFNO3S. The van der Waals surface area contributed by atoms with Gasteiger partial charge in [0.25, 0.3) is 0 Å². The smallest absolute Gasteiger partial charge is 0.244 e. The second-order valence-electron chi connectivity index (χ2n) is 5.40. The number of sulfonamides is 1. The van der Waals surface area contributed by atoms with E-state index in [1.807, 2.05) is 0 Å². The number of nitrogens with zero attached hydrogens (tertiary/aromatic N) is 1. The Morgan fingerprint density at radius 1 is 1.25 bits per heavy atom. The molecule has 2 aromatic carbocycles. The number of para-hydroxylation sites is 1. The summed E-state index contributed by atoms with van der Waals surface area (Å²) in [5.74, 6) is -0.0739. The van der Waals surface area contributed by atoms with Gasteiger partial charge in [-0.3, -0.25) is 0 Å². The maximum Gasteiger partial charge on any atom is 0.244 e. The predicted octanol–water partition coefficient (Wildman–Crippen LogP) is 4.08. The number of halogens is 3. The van der Waals surface area contributed by atoms with Gasteiger partial charge in [0.2, 0.25) is 10.0 Å². The summed E-state index contributed by atoms with van der Waals surface area (Å²) in [6, 6.07) is 10.7. The van der Waals surface area contributed by atoms with E-state index in [4.69, 9.17) is 16.3 Å². The van der Waals surface area contributed by atoms with Gasteiger partial charge < -0.3 is 4.74 Å². The van der Waals surface area contributed by atoms with Gasteiger partial charge in [-0.1, -0.05) is 23.7 Å². The zero-order chi connectivity index (χ0) is 17.3. The van der Waals surface area contributed by atoms with Crippen LogP contribution in [0.3, 0.4) is 0 Å². The monoisotopic (exact) mass is 433 g/mol. The van der Waals surface area contributed by atoms with Crippen LogP contribution in [0.25, 0.3) is 0 Å². The van der Waals surface area contributed by atoms with E-state index in [0.717, 1.165) is 6.07 Å². The van der Waals surface area contributed by atoms with Gasteiger partial charge >= 0.3 is 0 Å². The lowest BCUT2D eigenvalue weighted by Gasteiger charge is -2.18. The number of hydrogen-bond acceptors (Lipinski definition) is 3. The lowest BCUT2D eigenvalue weighted by Crippen LogP contribution is -2.31. The molecule has 0 radical (unpaired) electrons. The molecule has 8 heteroatoms. The van der Waals surface area contributed by atoms with Crippen LogP contribution in [0, 0.1) is 5.82 Å². The third-order valence-electron chi connectivity index (χ3n) is 3.75. The van der Waals surface area contributed by atoms with Crippen LogP contribution in [0.4, 0.5) is 4.39 Å². The fourth-order valence-electron chi connectivity index (χ4n) is 2.55. The molecule has 3 rings (SSSR count). The van der Waals surface area contributed by atoms with Crippen molar-refractivity contribution < 1.29 is 17.5 Å². The Labute approximate surface area is 153 Å². The van der Waals surface area contributed by atoms with E-state index in [1.165, 1.54) is 16.4 Å². The second kappa shape index (κ2) is 7.00. The summed E-state index contributed by atoms with van der Waals surface area (Å²) < 4.78 is 46.3. The van der Waals surface area contributed by atoms with Gasteiger partial charge in [0.15, 0.2) is 0 Å².